The van der Waals surface area contributed by atoms with Crippen LogP contribution >= 0.6 is 0 Å². The van der Waals surface area contributed by atoms with Gasteiger partial charge in [-0.3, -0.25) is 4.79 Å². The first-order chi connectivity index (χ1) is 11.8. The maximum atomic E-state index is 12.2. The SMILES string of the molecule is C=C(C)c1cccc(C(C)(C)NC(=O)NCC(=O)N2CCCCC2)c1. The summed E-state index contributed by atoms with van der Waals surface area (Å²) in [5, 5.41) is 5.63. The Morgan fingerprint density at radius 2 is 1.88 bits per heavy atom. The normalized spacial score (nSPS) is 14.8. The number of hydrogen-bond donors (Lipinski definition) is 2. The molecule has 0 saturated carbocycles. The molecule has 25 heavy (non-hydrogen) atoms. The Kier molecular flexibility index (Phi) is 6.23. The van der Waals surface area contributed by atoms with E-state index in [1.165, 1.54) is 6.42 Å². The number of benzene rings is 1. The summed E-state index contributed by atoms with van der Waals surface area (Å²) < 4.78 is 0. The Morgan fingerprint density at radius 1 is 1.20 bits per heavy atom. The van der Waals surface area contributed by atoms with Crippen LogP contribution < -0.4 is 10.6 Å². The third kappa shape index (κ3) is 5.34. The Labute approximate surface area is 150 Å². The highest BCUT2D eigenvalue weighted by Gasteiger charge is 2.24. The minimum Gasteiger partial charge on any atom is -0.341 e. The standard InChI is InChI=1S/C20H29N3O2/c1-15(2)16-9-8-10-17(13-16)20(3,4)22-19(25)21-14-18(24)23-11-6-5-7-12-23/h8-10,13H,1,5-7,11-12,14H2,2-4H3,(H2,21,22,25). The molecule has 0 unspecified atom stereocenters. The molecular weight excluding hydrogens is 314 g/mol. The number of carbonyl (C=O) groups is 2. The zero-order valence-corrected chi connectivity index (χ0v) is 15.5. The number of urea groups is 1. The van der Waals surface area contributed by atoms with Crippen molar-refractivity contribution in [2.24, 2.45) is 0 Å². The fraction of sp³-hybridized carbons (Fsp3) is 0.500. The van der Waals surface area contributed by atoms with E-state index in [1.807, 2.05) is 49.9 Å². The molecule has 1 aromatic carbocycles. The molecule has 0 atom stereocenters. The maximum absolute atomic E-state index is 12.2. The van der Waals surface area contributed by atoms with Crippen molar-refractivity contribution in [3.63, 3.8) is 0 Å². The molecule has 0 aliphatic carbocycles. The van der Waals surface area contributed by atoms with Gasteiger partial charge in [-0.05, 0) is 57.2 Å². The fourth-order valence-electron chi connectivity index (χ4n) is 2.98. The number of carbonyl (C=O) groups excluding carboxylic acids is 2. The molecule has 1 fully saturated rings. The average molecular weight is 343 g/mol. The van der Waals surface area contributed by atoms with Crippen LogP contribution in [-0.4, -0.2) is 36.5 Å². The molecule has 2 rings (SSSR count). The number of allylic oxidation sites excluding steroid dienone is 1. The third-order valence-corrected chi connectivity index (χ3v) is 4.61. The summed E-state index contributed by atoms with van der Waals surface area (Å²) >= 11 is 0. The largest absolute Gasteiger partial charge is 0.341 e. The molecular formula is C20H29N3O2. The number of nitrogens with zero attached hydrogens (tertiary/aromatic N) is 1. The van der Waals surface area contributed by atoms with Crippen molar-refractivity contribution in [1.29, 1.82) is 0 Å². The summed E-state index contributed by atoms with van der Waals surface area (Å²) in [6.07, 6.45) is 3.27. The quantitative estimate of drug-likeness (QED) is 0.862. The second-order valence-corrected chi connectivity index (χ2v) is 7.24. The first kappa shape index (κ1) is 19.0. The molecule has 5 heteroatoms. The Balaban J connectivity index is 1.91. The summed E-state index contributed by atoms with van der Waals surface area (Å²) in [5.74, 6) is -0.0167. The van der Waals surface area contributed by atoms with E-state index < -0.39 is 5.54 Å². The van der Waals surface area contributed by atoms with Gasteiger partial charge >= 0.3 is 6.03 Å². The third-order valence-electron chi connectivity index (χ3n) is 4.61. The lowest BCUT2D eigenvalue weighted by Gasteiger charge is -2.29. The second kappa shape index (κ2) is 8.19. The molecule has 3 amide bonds. The summed E-state index contributed by atoms with van der Waals surface area (Å²) in [4.78, 5) is 26.2. The maximum Gasteiger partial charge on any atom is 0.315 e. The first-order valence-electron chi connectivity index (χ1n) is 8.90. The lowest BCUT2D eigenvalue weighted by molar-refractivity contribution is -0.130. The van der Waals surface area contributed by atoms with Crippen molar-refractivity contribution in [1.82, 2.24) is 15.5 Å². The van der Waals surface area contributed by atoms with Crippen LogP contribution in [0.25, 0.3) is 5.57 Å². The van der Waals surface area contributed by atoms with Crippen LogP contribution in [0.15, 0.2) is 30.8 Å². The summed E-state index contributed by atoms with van der Waals surface area (Å²) in [7, 11) is 0. The van der Waals surface area contributed by atoms with Gasteiger partial charge in [-0.2, -0.15) is 0 Å². The van der Waals surface area contributed by atoms with E-state index in [0.717, 1.165) is 42.6 Å². The van der Waals surface area contributed by atoms with E-state index in [4.69, 9.17) is 0 Å². The molecule has 136 valence electrons. The van der Waals surface area contributed by atoms with Gasteiger partial charge in [0.15, 0.2) is 0 Å². The van der Waals surface area contributed by atoms with Gasteiger partial charge in [-0.1, -0.05) is 30.4 Å². The lowest BCUT2D eigenvalue weighted by Crippen LogP contribution is -2.49. The van der Waals surface area contributed by atoms with Gasteiger partial charge < -0.3 is 15.5 Å². The van der Waals surface area contributed by atoms with Gasteiger partial charge in [0.1, 0.15) is 0 Å². The van der Waals surface area contributed by atoms with Crippen LogP contribution in [0.5, 0.6) is 0 Å². The molecule has 5 nitrogen and oxygen atoms in total. The zero-order chi connectivity index (χ0) is 18.4. The molecule has 1 aliphatic heterocycles. The number of rotatable bonds is 5. The molecule has 0 bridgehead atoms. The van der Waals surface area contributed by atoms with Crippen LogP contribution in [0.1, 0.15) is 51.2 Å². The Hall–Kier alpha value is -2.30. The van der Waals surface area contributed by atoms with Gasteiger partial charge in [0.05, 0.1) is 12.1 Å². The van der Waals surface area contributed by atoms with Crippen LogP contribution in [0, 0.1) is 0 Å². The Morgan fingerprint density at radius 3 is 2.52 bits per heavy atom. The van der Waals surface area contributed by atoms with E-state index in [1.54, 1.807) is 0 Å². The number of likely N-dealkylation sites (tertiary alicyclic amines) is 1. The van der Waals surface area contributed by atoms with E-state index >= 15 is 0 Å². The first-order valence-corrected chi connectivity index (χ1v) is 8.90. The molecule has 1 aromatic rings. The molecule has 1 aliphatic rings. The minimum absolute atomic E-state index is 0.0167. The van der Waals surface area contributed by atoms with Crippen LogP contribution in [0.4, 0.5) is 4.79 Å². The summed E-state index contributed by atoms with van der Waals surface area (Å²) in [6, 6.07) is 7.63. The predicted octanol–water partition coefficient (Wildman–Crippen LogP) is 3.27. The van der Waals surface area contributed by atoms with Crippen molar-refractivity contribution in [3.05, 3.63) is 42.0 Å². The number of hydrogen-bond acceptors (Lipinski definition) is 2. The van der Waals surface area contributed by atoms with Crippen molar-refractivity contribution >= 4 is 17.5 Å². The number of amides is 3. The molecule has 1 heterocycles. The highest BCUT2D eigenvalue weighted by molar-refractivity contribution is 5.84. The van der Waals surface area contributed by atoms with Crippen molar-refractivity contribution in [2.75, 3.05) is 19.6 Å². The van der Waals surface area contributed by atoms with Crippen molar-refractivity contribution in [3.8, 4) is 0 Å². The molecule has 2 N–H and O–H groups in total. The summed E-state index contributed by atoms with van der Waals surface area (Å²) in [6.45, 7) is 11.4. The van der Waals surface area contributed by atoms with E-state index in [-0.39, 0.29) is 18.5 Å². The zero-order valence-electron chi connectivity index (χ0n) is 15.5. The lowest BCUT2D eigenvalue weighted by atomic mass is 9.92. The molecule has 0 spiro atoms. The minimum atomic E-state index is -0.552. The van der Waals surface area contributed by atoms with Crippen LogP contribution in [0.2, 0.25) is 0 Å². The molecule has 1 saturated heterocycles. The highest BCUT2D eigenvalue weighted by Crippen LogP contribution is 2.23. The van der Waals surface area contributed by atoms with Crippen molar-refractivity contribution in [2.45, 2.75) is 45.6 Å². The van der Waals surface area contributed by atoms with Crippen molar-refractivity contribution < 1.29 is 9.59 Å². The van der Waals surface area contributed by atoms with Gasteiger partial charge in [0.2, 0.25) is 5.91 Å². The smallest absolute Gasteiger partial charge is 0.315 e. The second-order valence-electron chi connectivity index (χ2n) is 7.24. The predicted molar refractivity (Wildman–Crippen MR) is 101 cm³/mol. The molecule has 0 aromatic heterocycles. The fourth-order valence-corrected chi connectivity index (χ4v) is 2.98. The number of nitrogens with one attached hydrogen (secondary N) is 2. The highest BCUT2D eigenvalue weighted by atomic mass is 16.2. The van der Waals surface area contributed by atoms with E-state index in [9.17, 15) is 9.59 Å². The van der Waals surface area contributed by atoms with Gasteiger partial charge in [-0.25, -0.2) is 4.79 Å². The van der Waals surface area contributed by atoms with Crippen LogP contribution in [0.3, 0.4) is 0 Å². The summed E-state index contributed by atoms with van der Waals surface area (Å²) in [5.41, 5.74) is 2.47. The van der Waals surface area contributed by atoms with Crippen LogP contribution in [-0.2, 0) is 10.3 Å². The topological polar surface area (TPSA) is 61.4 Å². The number of piperidine rings is 1. The van der Waals surface area contributed by atoms with Gasteiger partial charge in [0, 0.05) is 13.1 Å². The Bertz CT molecular complexity index is 646. The molecule has 0 radical (unpaired) electrons. The van der Waals surface area contributed by atoms with E-state index in [2.05, 4.69) is 17.2 Å². The monoisotopic (exact) mass is 343 g/mol. The average Bonchev–Trinajstić information content (AvgIpc) is 2.60. The van der Waals surface area contributed by atoms with E-state index in [0.29, 0.717) is 0 Å². The van der Waals surface area contributed by atoms with Gasteiger partial charge in [0.25, 0.3) is 0 Å². The van der Waals surface area contributed by atoms with Gasteiger partial charge in [-0.15, -0.1) is 0 Å².